The lowest BCUT2D eigenvalue weighted by molar-refractivity contribution is -0.0643. The Labute approximate surface area is 116 Å². The van der Waals surface area contributed by atoms with Crippen LogP contribution in [0.2, 0.25) is 0 Å². The molecular formula is C16H31OP. The van der Waals surface area contributed by atoms with Crippen LogP contribution in [0.4, 0.5) is 0 Å². The average molecular weight is 270 g/mol. The van der Waals surface area contributed by atoms with Crippen LogP contribution in [0.25, 0.3) is 0 Å². The molecule has 0 radical (unpaired) electrons. The molecule has 18 heavy (non-hydrogen) atoms. The van der Waals surface area contributed by atoms with Gasteiger partial charge in [-0.1, -0.05) is 51.9 Å². The Bertz CT molecular complexity index is 211. The van der Waals surface area contributed by atoms with Gasteiger partial charge in [0, 0.05) is 9.47 Å². The smallest absolute Gasteiger partial charge is 0.0774 e. The summed E-state index contributed by atoms with van der Waals surface area (Å²) in [5.74, 6) is 1.65. The van der Waals surface area contributed by atoms with E-state index in [-0.39, 0.29) is 5.60 Å². The molecule has 0 aromatic heterocycles. The number of hydrogen-bond acceptors (Lipinski definition) is 1. The third-order valence-corrected chi connectivity index (χ3v) is 5.89. The minimum absolute atomic E-state index is 0.195. The van der Waals surface area contributed by atoms with Gasteiger partial charge in [-0.25, -0.2) is 0 Å². The molecule has 0 aromatic rings. The molecule has 0 N–H and O–H groups in total. The Morgan fingerprint density at radius 2 is 1.33 bits per heavy atom. The fourth-order valence-corrected chi connectivity index (χ4v) is 5.07. The van der Waals surface area contributed by atoms with E-state index in [0.717, 1.165) is 11.8 Å². The van der Waals surface area contributed by atoms with Crippen LogP contribution in [0.5, 0.6) is 0 Å². The Balaban J connectivity index is 2.13. The van der Waals surface area contributed by atoms with Crippen molar-refractivity contribution >= 4 is 9.47 Å². The molecule has 2 fully saturated rings. The first-order valence-electron chi connectivity index (χ1n) is 8.21. The van der Waals surface area contributed by atoms with Gasteiger partial charge in [0.1, 0.15) is 0 Å². The van der Waals surface area contributed by atoms with Crippen molar-refractivity contribution in [2.45, 2.75) is 89.6 Å². The van der Waals surface area contributed by atoms with E-state index in [2.05, 4.69) is 16.4 Å². The van der Waals surface area contributed by atoms with Crippen LogP contribution in [-0.4, -0.2) is 5.60 Å². The number of hydrogen-bond donors (Lipinski definition) is 0. The van der Waals surface area contributed by atoms with Crippen molar-refractivity contribution in [3.8, 4) is 0 Å². The molecule has 2 rings (SSSR count). The third-order valence-electron chi connectivity index (χ3n) is 5.45. The summed E-state index contributed by atoms with van der Waals surface area (Å²) in [5.41, 5.74) is 0.195. The van der Waals surface area contributed by atoms with Gasteiger partial charge in [0.25, 0.3) is 0 Å². The monoisotopic (exact) mass is 270 g/mol. The van der Waals surface area contributed by atoms with E-state index in [9.17, 15) is 0 Å². The molecule has 0 spiro atoms. The zero-order valence-corrected chi connectivity index (χ0v) is 13.3. The fraction of sp³-hybridized carbons (Fsp3) is 1.00. The van der Waals surface area contributed by atoms with E-state index in [1.54, 1.807) is 0 Å². The Hall–Kier alpha value is 0.390. The van der Waals surface area contributed by atoms with Crippen molar-refractivity contribution in [2.75, 3.05) is 0 Å². The Kier molecular flexibility index (Phi) is 5.96. The summed E-state index contributed by atoms with van der Waals surface area (Å²) in [6, 6.07) is 0. The molecule has 0 amide bonds. The van der Waals surface area contributed by atoms with Crippen LogP contribution in [0, 0.1) is 11.8 Å². The summed E-state index contributed by atoms with van der Waals surface area (Å²) in [6.45, 7) is 2.32. The second kappa shape index (κ2) is 7.25. The van der Waals surface area contributed by atoms with Gasteiger partial charge >= 0.3 is 0 Å². The molecule has 0 aliphatic heterocycles. The van der Waals surface area contributed by atoms with Crippen LogP contribution in [0.15, 0.2) is 0 Å². The molecule has 2 aliphatic carbocycles. The highest BCUT2D eigenvalue weighted by atomic mass is 31.0. The van der Waals surface area contributed by atoms with Crippen molar-refractivity contribution in [1.82, 2.24) is 0 Å². The summed E-state index contributed by atoms with van der Waals surface area (Å²) in [5, 5.41) is 0. The highest BCUT2D eigenvalue weighted by Crippen LogP contribution is 2.48. The lowest BCUT2D eigenvalue weighted by Crippen LogP contribution is -2.47. The SMILES string of the molecule is CCCC(OP)(C1CCCCC1)C1CCCCC1. The van der Waals surface area contributed by atoms with Gasteiger partial charge in [-0.05, 0) is 43.9 Å². The highest BCUT2D eigenvalue weighted by molar-refractivity contribution is 7.09. The number of rotatable bonds is 5. The van der Waals surface area contributed by atoms with Crippen molar-refractivity contribution in [3.05, 3.63) is 0 Å². The first kappa shape index (κ1) is 14.8. The normalized spacial score (nSPS) is 24.3. The minimum atomic E-state index is 0.195. The summed E-state index contributed by atoms with van der Waals surface area (Å²) >= 11 is 0. The maximum atomic E-state index is 6.17. The fourth-order valence-electron chi connectivity index (χ4n) is 4.57. The third kappa shape index (κ3) is 3.10. The van der Waals surface area contributed by atoms with Crippen molar-refractivity contribution in [3.63, 3.8) is 0 Å². The van der Waals surface area contributed by atoms with E-state index < -0.39 is 0 Å². The Morgan fingerprint density at radius 3 is 1.67 bits per heavy atom. The Morgan fingerprint density at radius 1 is 0.889 bits per heavy atom. The van der Waals surface area contributed by atoms with Crippen LogP contribution < -0.4 is 0 Å². The molecule has 0 heterocycles. The van der Waals surface area contributed by atoms with Gasteiger partial charge in [-0.15, -0.1) is 0 Å². The largest absolute Gasteiger partial charge is 0.359 e. The molecule has 2 aliphatic rings. The zero-order valence-electron chi connectivity index (χ0n) is 12.1. The highest BCUT2D eigenvalue weighted by Gasteiger charge is 2.45. The molecule has 1 nitrogen and oxygen atoms in total. The van der Waals surface area contributed by atoms with E-state index >= 15 is 0 Å². The van der Waals surface area contributed by atoms with Gasteiger partial charge in [0.2, 0.25) is 0 Å². The first-order valence-corrected chi connectivity index (χ1v) is 8.68. The maximum absolute atomic E-state index is 6.17. The first-order chi connectivity index (χ1) is 8.83. The summed E-state index contributed by atoms with van der Waals surface area (Å²) in [7, 11) is 2.64. The topological polar surface area (TPSA) is 9.23 Å². The van der Waals surface area contributed by atoms with Crippen molar-refractivity contribution < 1.29 is 4.52 Å². The van der Waals surface area contributed by atoms with Gasteiger partial charge < -0.3 is 4.52 Å². The van der Waals surface area contributed by atoms with E-state index in [1.165, 1.54) is 77.0 Å². The molecule has 2 saturated carbocycles. The van der Waals surface area contributed by atoms with Gasteiger partial charge in [0.05, 0.1) is 5.60 Å². The minimum Gasteiger partial charge on any atom is -0.359 e. The predicted molar refractivity (Wildman–Crippen MR) is 81.6 cm³/mol. The standard InChI is InChI=1S/C16H31OP/c1-2-13-16(17-18,14-9-5-3-6-10-14)15-11-7-4-8-12-15/h14-15H,2-13,18H2,1H3. The molecule has 0 aromatic carbocycles. The molecule has 2 heteroatoms. The average Bonchev–Trinajstić information content (AvgIpc) is 2.47. The quantitative estimate of drug-likeness (QED) is 0.600. The van der Waals surface area contributed by atoms with Crippen LogP contribution in [0.1, 0.15) is 84.0 Å². The van der Waals surface area contributed by atoms with E-state index in [4.69, 9.17) is 4.52 Å². The van der Waals surface area contributed by atoms with Gasteiger partial charge in [-0.2, -0.15) is 0 Å². The van der Waals surface area contributed by atoms with E-state index in [1.807, 2.05) is 0 Å². The van der Waals surface area contributed by atoms with Crippen LogP contribution in [-0.2, 0) is 4.52 Å². The predicted octanol–water partition coefficient (Wildman–Crippen LogP) is 5.49. The zero-order chi connectivity index (χ0) is 12.8. The van der Waals surface area contributed by atoms with Crippen LogP contribution >= 0.6 is 9.47 Å². The molecule has 1 unspecified atom stereocenters. The molecular weight excluding hydrogens is 239 g/mol. The van der Waals surface area contributed by atoms with E-state index in [0.29, 0.717) is 0 Å². The maximum Gasteiger partial charge on any atom is 0.0774 e. The van der Waals surface area contributed by atoms with Gasteiger partial charge in [-0.3, -0.25) is 0 Å². The molecule has 106 valence electrons. The lowest BCUT2D eigenvalue weighted by Gasteiger charge is -2.48. The molecule has 0 bridgehead atoms. The van der Waals surface area contributed by atoms with Crippen molar-refractivity contribution in [2.24, 2.45) is 11.8 Å². The summed E-state index contributed by atoms with van der Waals surface area (Å²) < 4.78 is 6.17. The van der Waals surface area contributed by atoms with Crippen molar-refractivity contribution in [1.29, 1.82) is 0 Å². The second-order valence-corrected chi connectivity index (χ2v) is 6.73. The van der Waals surface area contributed by atoms with Crippen LogP contribution in [0.3, 0.4) is 0 Å². The molecule has 1 atom stereocenters. The molecule has 0 saturated heterocycles. The summed E-state index contributed by atoms with van der Waals surface area (Å²) in [4.78, 5) is 0. The lowest BCUT2D eigenvalue weighted by atomic mass is 9.65. The van der Waals surface area contributed by atoms with Gasteiger partial charge in [0.15, 0.2) is 0 Å². The summed E-state index contributed by atoms with van der Waals surface area (Å²) in [6.07, 6.45) is 16.8. The second-order valence-electron chi connectivity index (χ2n) is 6.49.